The highest BCUT2D eigenvalue weighted by Crippen LogP contribution is 2.29. The van der Waals surface area contributed by atoms with Gasteiger partial charge in [-0.2, -0.15) is 0 Å². The van der Waals surface area contributed by atoms with E-state index in [1.54, 1.807) is 6.07 Å². The third kappa shape index (κ3) is 2.31. The van der Waals surface area contributed by atoms with Gasteiger partial charge in [0.15, 0.2) is 0 Å². The Morgan fingerprint density at radius 1 is 1.38 bits per heavy atom. The van der Waals surface area contributed by atoms with E-state index in [2.05, 4.69) is 15.2 Å². The van der Waals surface area contributed by atoms with Gasteiger partial charge in [-0.25, -0.2) is 4.39 Å². The Morgan fingerprint density at radius 2 is 2.29 bits per heavy atom. The highest BCUT2D eigenvalue weighted by Gasteiger charge is 2.27. The molecule has 1 aromatic heterocycles. The van der Waals surface area contributed by atoms with E-state index in [9.17, 15) is 9.18 Å². The molecule has 0 radical (unpaired) electrons. The predicted octanol–water partition coefficient (Wildman–Crippen LogP) is 1.80. The van der Waals surface area contributed by atoms with Crippen LogP contribution in [-0.4, -0.2) is 35.4 Å². The molecule has 1 fully saturated rings. The summed E-state index contributed by atoms with van der Waals surface area (Å²) in [6.45, 7) is 3.54. The SMILES string of the molecule is O=C1C[C@H](CN2CCc3[nH]c4ccc(F)cc4c3C2)CN1. The molecule has 0 unspecified atom stereocenters. The quantitative estimate of drug-likeness (QED) is 0.885. The molecule has 5 heteroatoms. The number of aromatic amines is 1. The normalized spacial score (nSPS) is 22.5. The second-order valence-electron chi connectivity index (χ2n) is 6.13. The molecular formula is C16H18FN3O. The second kappa shape index (κ2) is 4.84. The van der Waals surface area contributed by atoms with Crippen LogP contribution in [0.15, 0.2) is 18.2 Å². The molecule has 2 aliphatic rings. The maximum Gasteiger partial charge on any atom is 0.220 e. The minimum Gasteiger partial charge on any atom is -0.358 e. The van der Waals surface area contributed by atoms with Crippen LogP contribution in [0.25, 0.3) is 10.9 Å². The highest BCUT2D eigenvalue weighted by molar-refractivity contribution is 5.85. The summed E-state index contributed by atoms with van der Waals surface area (Å²) >= 11 is 0. The fourth-order valence-corrected chi connectivity index (χ4v) is 3.56. The molecule has 1 amide bonds. The van der Waals surface area contributed by atoms with Gasteiger partial charge in [-0.05, 0) is 29.7 Å². The fourth-order valence-electron chi connectivity index (χ4n) is 3.56. The number of fused-ring (bicyclic) bond motifs is 3. The summed E-state index contributed by atoms with van der Waals surface area (Å²) in [5.41, 5.74) is 3.46. The largest absolute Gasteiger partial charge is 0.358 e. The van der Waals surface area contributed by atoms with E-state index in [0.717, 1.165) is 43.5 Å². The number of benzene rings is 1. The van der Waals surface area contributed by atoms with Gasteiger partial charge in [0, 0.05) is 55.6 Å². The van der Waals surface area contributed by atoms with Crippen molar-refractivity contribution in [2.24, 2.45) is 5.92 Å². The van der Waals surface area contributed by atoms with Gasteiger partial charge in [0.1, 0.15) is 5.82 Å². The molecule has 3 heterocycles. The molecule has 4 rings (SSSR count). The lowest BCUT2D eigenvalue weighted by Gasteiger charge is -2.28. The number of hydrogen-bond donors (Lipinski definition) is 2. The monoisotopic (exact) mass is 287 g/mol. The molecule has 1 aromatic carbocycles. The first-order valence-electron chi connectivity index (χ1n) is 7.47. The lowest BCUT2D eigenvalue weighted by atomic mass is 10.0. The van der Waals surface area contributed by atoms with Crippen molar-refractivity contribution >= 4 is 16.8 Å². The Morgan fingerprint density at radius 3 is 3.10 bits per heavy atom. The number of hydrogen-bond acceptors (Lipinski definition) is 2. The van der Waals surface area contributed by atoms with Crippen LogP contribution in [0.5, 0.6) is 0 Å². The van der Waals surface area contributed by atoms with Crippen molar-refractivity contribution in [1.82, 2.24) is 15.2 Å². The summed E-state index contributed by atoms with van der Waals surface area (Å²) in [6.07, 6.45) is 1.59. The number of nitrogens with zero attached hydrogens (tertiary/aromatic N) is 1. The molecule has 110 valence electrons. The van der Waals surface area contributed by atoms with Crippen molar-refractivity contribution in [1.29, 1.82) is 0 Å². The molecule has 0 saturated carbocycles. The molecule has 2 aliphatic heterocycles. The van der Waals surface area contributed by atoms with Crippen LogP contribution in [0.3, 0.4) is 0 Å². The van der Waals surface area contributed by atoms with Crippen molar-refractivity contribution in [2.45, 2.75) is 19.4 Å². The van der Waals surface area contributed by atoms with Gasteiger partial charge in [-0.15, -0.1) is 0 Å². The van der Waals surface area contributed by atoms with Crippen LogP contribution in [-0.2, 0) is 17.8 Å². The minimum atomic E-state index is -0.188. The number of carbonyl (C=O) groups is 1. The molecule has 21 heavy (non-hydrogen) atoms. The second-order valence-corrected chi connectivity index (χ2v) is 6.13. The average molecular weight is 287 g/mol. The van der Waals surface area contributed by atoms with Crippen molar-refractivity contribution in [3.05, 3.63) is 35.3 Å². The van der Waals surface area contributed by atoms with Crippen molar-refractivity contribution in [3.63, 3.8) is 0 Å². The van der Waals surface area contributed by atoms with E-state index < -0.39 is 0 Å². The topological polar surface area (TPSA) is 48.1 Å². The van der Waals surface area contributed by atoms with Gasteiger partial charge in [0.2, 0.25) is 5.91 Å². The number of nitrogens with one attached hydrogen (secondary N) is 2. The molecule has 4 nitrogen and oxygen atoms in total. The highest BCUT2D eigenvalue weighted by atomic mass is 19.1. The summed E-state index contributed by atoms with van der Waals surface area (Å²) in [4.78, 5) is 17.1. The van der Waals surface area contributed by atoms with Crippen LogP contribution >= 0.6 is 0 Å². The van der Waals surface area contributed by atoms with Gasteiger partial charge < -0.3 is 10.3 Å². The standard InChI is InChI=1S/C16H18FN3O/c17-11-1-2-14-12(6-11)13-9-20(4-3-15(13)19-14)8-10-5-16(21)18-7-10/h1-2,6,10,19H,3-5,7-9H2,(H,18,21)/t10-/m0/s1. The first kappa shape index (κ1) is 12.8. The number of halogens is 1. The van der Waals surface area contributed by atoms with Crippen LogP contribution in [0.1, 0.15) is 17.7 Å². The van der Waals surface area contributed by atoms with E-state index in [1.807, 2.05) is 6.07 Å². The molecule has 1 atom stereocenters. The third-order valence-corrected chi connectivity index (χ3v) is 4.59. The Kier molecular flexibility index (Phi) is 2.96. The van der Waals surface area contributed by atoms with E-state index in [0.29, 0.717) is 12.3 Å². The Bertz CT molecular complexity index is 709. The van der Waals surface area contributed by atoms with Gasteiger partial charge in [0.25, 0.3) is 0 Å². The smallest absolute Gasteiger partial charge is 0.220 e. The zero-order valence-electron chi connectivity index (χ0n) is 11.8. The summed E-state index contributed by atoms with van der Waals surface area (Å²) in [6, 6.07) is 4.93. The molecule has 1 saturated heterocycles. The number of rotatable bonds is 2. The zero-order valence-corrected chi connectivity index (χ0v) is 11.8. The average Bonchev–Trinajstić information content (AvgIpc) is 3.02. The van der Waals surface area contributed by atoms with Gasteiger partial charge in [-0.3, -0.25) is 9.69 Å². The van der Waals surface area contributed by atoms with E-state index in [-0.39, 0.29) is 11.7 Å². The van der Waals surface area contributed by atoms with Crippen molar-refractivity contribution in [3.8, 4) is 0 Å². The Hall–Kier alpha value is -1.88. The zero-order chi connectivity index (χ0) is 14.4. The van der Waals surface area contributed by atoms with Crippen LogP contribution < -0.4 is 5.32 Å². The van der Waals surface area contributed by atoms with E-state index in [4.69, 9.17) is 0 Å². The summed E-state index contributed by atoms with van der Waals surface area (Å²) in [5.74, 6) is 0.375. The first-order valence-corrected chi connectivity index (χ1v) is 7.47. The maximum absolute atomic E-state index is 13.5. The van der Waals surface area contributed by atoms with Gasteiger partial charge in [0.05, 0.1) is 0 Å². The van der Waals surface area contributed by atoms with Crippen LogP contribution in [0.2, 0.25) is 0 Å². The Labute approximate surface area is 122 Å². The number of H-pyrrole nitrogens is 1. The molecule has 2 aromatic rings. The van der Waals surface area contributed by atoms with Crippen molar-refractivity contribution < 1.29 is 9.18 Å². The summed E-state index contributed by atoms with van der Waals surface area (Å²) in [5, 5.41) is 3.88. The number of aromatic nitrogens is 1. The molecule has 0 spiro atoms. The van der Waals surface area contributed by atoms with Crippen LogP contribution in [0, 0.1) is 11.7 Å². The minimum absolute atomic E-state index is 0.159. The lowest BCUT2D eigenvalue weighted by molar-refractivity contribution is -0.119. The molecule has 2 N–H and O–H groups in total. The first-order chi connectivity index (χ1) is 10.2. The van der Waals surface area contributed by atoms with Crippen molar-refractivity contribution in [2.75, 3.05) is 19.6 Å². The summed E-state index contributed by atoms with van der Waals surface area (Å²) < 4.78 is 13.5. The third-order valence-electron chi connectivity index (χ3n) is 4.59. The number of carbonyl (C=O) groups excluding carboxylic acids is 1. The van der Waals surface area contributed by atoms with Gasteiger partial charge in [-0.1, -0.05) is 0 Å². The lowest BCUT2D eigenvalue weighted by Crippen LogP contribution is -2.35. The Balaban J connectivity index is 1.57. The predicted molar refractivity (Wildman–Crippen MR) is 78.4 cm³/mol. The van der Waals surface area contributed by atoms with E-state index in [1.165, 1.54) is 17.3 Å². The summed E-state index contributed by atoms with van der Waals surface area (Å²) in [7, 11) is 0. The molecule has 0 aliphatic carbocycles. The maximum atomic E-state index is 13.5. The van der Waals surface area contributed by atoms with Gasteiger partial charge >= 0.3 is 0 Å². The fraction of sp³-hybridized carbons (Fsp3) is 0.438. The molecule has 0 bridgehead atoms. The molecular weight excluding hydrogens is 269 g/mol. The van der Waals surface area contributed by atoms with E-state index >= 15 is 0 Å². The number of amides is 1. The van der Waals surface area contributed by atoms with Crippen LogP contribution in [0.4, 0.5) is 4.39 Å².